The Hall–Kier alpha value is -2.45. The van der Waals surface area contributed by atoms with E-state index in [0.29, 0.717) is 5.16 Å². The van der Waals surface area contributed by atoms with Crippen LogP contribution in [0.2, 0.25) is 5.02 Å². The molecule has 0 saturated carbocycles. The van der Waals surface area contributed by atoms with Crippen molar-refractivity contribution in [2.45, 2.75) is 18.1 Å². The molecular formula is C16H15ClN6OS. The van der Waals surface area contributed by atoms with Crippen LogP contribution in [0, 0.1) is 0 Å². The van der Waals surface area contributed by atoms with Crippen LogP contribution < -0.4 is 5.32 Å². The van der Waals surface area contributed by atoms with E-state index in [-0.39, 0.29) is 22.7 Å². The number of hydrogen-bond donors (Lipinski definition) is 1. The maximum atomic E-state index is 12.5. The molecule has 0 unspecified atom stereocenters. The smallest absolute Gasteiger partial charge is 0.272 e. The minimum absolute atomic E-state index is 0.173. The monoisotopic (exact) mass is 374 g/mol. The summed E-state index contributed by atoms with van der Waals surface area (Å²) < 4.78 is 1.66. The second kappa shape index (κ2) is 7.62. The van der Waals surface area contributed by atoms with E-state index in [1.54, 1.807) is 11.0 Å². The Morgan fingerprint density at radius 2 is 2.08 bits per heavy atom. The molecule has 128 valence electrons. The molecule has 0 aliphatic carbocycles. The number of benzene rings is 1. The number of carbonyl (C=O) groups is 1. The molecule has 7 nitrogen and oxygen atoms in total. The maximum absolute atomic E-state index is 12.5. The molecule has 0 radical (unpaired) electrons. The lowest BCUT2D eigenvalue weighted by atomic mass is 10.1. The van der Waals surface area contributed by atoms with E-state index in [2.05, 4.69) is 25.4 Å². The number of rotatable bonds is 5. The van der Waals surface area contributed by atoms with Gasteiger partial charge in [0.15, 0.2) is 10.9 Å². The number of thioether (sulfide) groups is 1. The first-order valence-electron chi connectivity index (χ1n) is 7.41. The summed E-state index contributed by atoms with van der Waals surface area (Å²) in [6.07, 6.45) is 6.38. The molecule has 0 aliphatic heterocycles. The summed E-state index contributed by atoms with van der Waals surface area (Å²) in [4.78, 5) is 24.6. The van der Waals surface area contributed by atoms with Gasteiger partial charge in [-0.15, -0.1) is 0 Å². The second-order valence-electron chi connectivity index (χ2n) is 5.18. The van der Waals surface area contributed by atoms with Gasteiger partial charge in [0.2, 0.25) is 0 Å². The Balaban J connectivity index is 1.73. The summed E-state index contributed by atoms with van der Waals surface area (Å²) in [6.45, 7) is 1.90. The van der Waals surface area contributed by atoms with Crippen LogP contribution in [-0.4, -0.2) is 36.9 Å². The van der Waals surface area contributed by atoms with Crippen LogP contribution in [0.4, 0.5) is 0 Å². The van der Waals surface area contributed by atoms with Gasteiger partial charge in [-0.3, -0.25) is 4.79 Å². The number of amides is 1. The molecule has 0 spiro atoms. The highest BCUT2D eigenvalue weighted by atomic mass is 35.5. The largest absolute Gasteiger partial charge is 0.344 e. The zero-order valence-electron chi connectivity index (χ0n) is 13.5. The number of halogens is 1. The Morgan fingerprint density at radius 3 is 2.72 bits per heavy atom. The number of aromatic nitrogens is 5. The average molecular weight is 375 g/mol. The van der Waals surface area contributed by atoms with Crippen molar-refractivity contribution in [2.75, 3.05) is 6.26 Å². The molecule has 0 bridgehead atoms. The Bertz CT molecular complexity index is 869. The van der Waals surface area contributed by atoms with E-state index >= 15 is 0 Å². The van der Waals surface area contributed by atoms with Crippen LogP contribution in [0.25, 0.3) is 5.69 Å². The second-order valence-corrected chi connectivity index (χ2v) is 6.36. The minimum atomic E-state index is -0.337. The van der Waals surface area contributed by atoms with Crippen molar-refractivity contribution >= 4 is 29.3 Å². The van der Waals surface area contributed by atoms with Gasteiger partial charge in [-0.25, -0.2) is 19.6 Å². The van der Waals surface area contributed by atoms with Gasteiger partial charge in [0, 0.05) is 0 Å². The van der Waals surface area contributed by atoms with E-state index in [0.717, 1.165) is 11.3 Å². The molecule has 2 heterocycles. The van der Waals surface area contributed by atoms with Gasteiger partial charge in [0.25, 0.3) is 5.91 Å². The predicted molar refractivity (Wildman–Crippen MR) is 96.1 cm³/mol. The van der Waals surface area contributed by atoms with Crippen LogP contribution in [0.1, 0.15) is 29.0 Å². The SMILES string of the molecule is CSc1ncc(Cl)c(C(=O)N[C@H](C)c2ccc(-n3cncn3)cc2)n1. The highest BCUT2D eigenvalue weighted by Gasteiger charge is 2.17. The number of nitrogens with one attached hydrogen (secondary N) is 1. The predicted octanol–water partition coefficient (Wildman–Crippen LogP) is 2.92. The van der Waals surface area contributed by atoms with Crippen molar-refractivity contribution in [1.29, 1.82) is 0 Å². The lowest BCUT2D eigenvalue weighted by Crippen LogP contribution is -2.28. The van der Waals surface area contributed by atoms with Crippen molar-refractivity contribution in [1.82, 2.24) is 30.0 Å². The highest BCUT2D eigenvalue weighted by Crippen LogP contribution is 2.19. The van der Waals surface area contributed by atoms with E-state index in [9.17, 15) is 4.79 Å². The normalized spacial score (nSPS) is 12.0. The molecule has 3 rings (SSSR count). The number of nitrogens with zero attached hydrogens (tertiary/aromatic N) is 5. The summed E-state index contributed by atoms with van der Waals surface area (Å²) >= 11 is 7.40. The number of carbonyl (C=O) groups excluding carboxylic acids is 1. The summed E-state index contributed by atoms with van der Waals surface area (Å²) in [5.41, 5.74) is 2.02. The van der Waals surface area contributed by atoms with Gasteiger partial charge in [-0.05, 0) is 30.9 Å². The highest BCUT2D eigenvalue weighted by molar-refractivity contribution is 7.98. The molecule has 1 atom stereocenters. The lowest BCUT2D eigenvalue weighted by molar-refractivity contribution is 0.0934. The first-order valence-corrected chi connectivity index (χ1v) is 9.01. The summed E-state index contributed by atoms with van der Waals surface area (Å²) in [5, 5.41) is 7.71. The molecular weight excluding hydrogens is 360 g/mol. The fourth-order valence-corrected chi connectivity index (χ4v) is 2.73. The van der Waals surface area contributed by atoms with Gasteiger partial charge in [-0.2, -0.15) is 5.10 Å². The third-order valence-corrected chi connectivity index (χ3v) is 4.38. The van der Waals surface area contributed by atoms with Crippen molar-refractivity contribution in [3.8, 4) is 5.69 Å². The Morgan fingerprint density at radius 1 is 1.32 bits per heavy atom. The molecule has 1 amide bonds. The van der Waals surface area contributed by atoms with Gasteiger partial charge in [0.05, 0.1) is 22.9 Å². The third kappa shape index (κ3) is 3.97. The van der Waals surface area contributed by atoms with Crippen molar-refractivity contribution in [3.05, 3.63) is 59.4 Å². The van der Waals surface area contributed by atoms with Crippen molar-refractivity contribution in [2.24, 2.45) is 0 Å². The topological polar surface area (TPSA) is 85.6 Å². The lowest BCUT2D eigenvalue weighted by Gasteiger charge is -2.15. The fourth-order valence-electron chi connectivity index (χ4n) is 2.21. The standard InChI is InChI=1S/C16H15ClN6OS/c1-10(11-3-5-12(6-4-11)23-9-18-8-20-23)21-15(24)14-13(17)7-19-16(22-14)25-2/h3-10H,1-2H3,(H,21,24)/t10-/m1/s1. The van der Waals surface area contributed by atoms with Crippen LogP contribution in [0.5, 0.6) is 0 Å². The van der Waals surface area contributed by atoms with E-state index in [4.69, 9.17) is 11.6 Å². The Labute approximate surface area is 153 Å². The van der Waals surface area contributed by atoms with Crippen molar-refractivity contribution in [3.63, 3.8) is 0 Å². The van der Waals surface area contributed by atoms with E-state index in [1.807, 2.05) is 37.4 Å². The van der Waals surface area contributed by atoms with Crippen LogP contribution in [0.3, 0.4) is 0 Å². The van der Waals surface area contributed by atoms with Crippen molar-refractivity contribution < 1.29 is 4.79 Å². The summed E-state index contributed by atoms with van der Waals surface area (Å²) in [6, 6.07) is 7.47. The average Bonchev–Trinajstić information content (AvgIpc) is 3.17. The fraction of sp³-hybridized carbons (Fsp3) is 0.188. The molecule has 9 heteroatoms. The van der Waals surface area contributed by atoms with Gasteiger partial charge in [-0.1, -0.05) is 35.5 Å². The molecule has 0 fully saturated rings. The van der Waals surface area contributed by atoms with Gasteiger partial charge < -0.3 is 5.32 Å². The molecule has 2 aromatic heterocycles. The zero-order chi connectivity index (χ0) is 17.8. The van der Waals surface area contributed by atoms with Crippen LogP contribution in [-0.2, 0) is 0 Å². The maximum Gasteiger partial charge on any atom is 0.272 e. The molecule has 1 N–H and O–H groups in total. The quantitative estimate of drug-likeness (QED) is 0.546. The molecule has 0 aliphatic rings. The summed E-state index contributed by atoms with van der Waals surface area (Å²) in [7, 11) is 0. The van der Waals surface area contributed by atoms with E-state index < -0.39 is 0 Å². The van der Waals surface area contributed by atoms with E-state index in [1.165, 1.54) is 24.3 Å². The van der Waals surface area contributed by atoms with Gasteiger partial charge >= 0.3 is 0 Å². The van der Waals surface area contributed by atoms with Crippen LogP contribution >= 0.6 is 23.4 Å². The van der Waals surface area contributed by atoms with Crippen LogP contribution in [0.15, 0.2) is 48.3 Å². The first kappa shape index (κ1) is 17.4. The molecule has 1 aromatic carbocycles. The van der Waals surface area contributed by atoms with Gasteiger partial charge in [0.1, 0.15) is 12.7 Å². The summed E-state index contributed by atoms with van der Waals surface area (Å²) in [5.74, 6) is -0.337. The Kier molecular flexibility index (Phi) is 5.30. The number of hydrogen-bond acceptors (Lipinski definition) is 6. The molecule has 0 saturated heterocycles. The zero-order valence-corrected chi connectivity index (χ0v) is 15.1. The molecule has 25 heavy (non-hydrogen) atoms. The first-order chi connectivity index (χ1) is 12.1. The molecule has 3 aromatic rings. The third-order valence-electron chi connectivity index (χ3n) is 3.54. The minimum Gasteiger partial charge on any atom is -0.344 e.